The van der Waals surface area contributed by atoms with Crippen LogP contribution in [0.1, 0.15) is 25.7 Å². The van der Waals surface area contributed by atoms with Gasteiger partial charge in [0.2, 0.25) is 5.91 Å². The van der Waals surface area contributed by atoms with Gasteiger partial charge in [0.05, 0.1) is 11.8 Å². The fourth-order valence-electron chi connectivity index (χ4n) is 2.44. The van der Waals surface area contributed by atoms with Crippen molar-refractivity contribution in [3.8, 4) is 0 Å². The number of carbonyl (C=O) groups is 2. The monoisotopic (exact) mass is 242 g/mol. The molecule has 5 heteroatoms. The highest BCUT2D eigenvalue weighted by Crippen LogP contribution is 2.33. The third-order valence-corrected chi connectivity index (χ3v) is 3.45. The van der Waals surface area contributed by atoms with E-state index in [0.717, 1.165) is 19.4 Å². The van der Waals surface area contributed by atoms with Gasteiger partial charge in [-0.2, -0.15) is 0 Å². The van der Waals surface area contributed by atoms with Crippen molar-refractivity contribution in [3.05, 3.63) is 0 Å². The first-order chi connectivity index (χ1) is 8.07. The van der Waals surface area contributed by atoms with Crippen molar-refractivity contribution in [1.82, 2.24) is 10.2 Å². The Hall–Kier alpha value is -1.10. The quantitative estimate of drug-likeness (QED) is 0.668. The number of aliphatic carboxylic acids is 1. The molecule has 1 aliphatic carbocycles. The lowest BCUT2D eigenvalue weighted by molar-refractivity contribution is -0.148. The Morgan fingerprint density at radius 1 is 1.35 bits per heavy atom. The van der Waals surface area contributed by atoms with Gasteiger partial charge in [0.25, 0.3) is 0 Å². The number of hydrogen-bond acceptors (Lipinski definition) is 3. The minimum absolute atomic E-state index is 0.00833. The average molecular weight is 242 g/mol. The number of amides is 1. The molecule has 5 nitrogen and oxygen atoms in total. The molecule has 0 aliphatic heterocycles. The van der Waals surface area contributed by atoms with Crippen LogP contribution < -0.4 is 5.32 Å². The zero-order chi connectivity index (χ0) is 12.8. The van der Waals surface area contributed by atoms with Gasteiger partial charge < -0.3 is 15.3 Å². The summed E-state index contributed by atoms with van der Waals surface area (Å²) in [6.07, 6.45) is 3.09. The minimum Gasteiger partial charge on any atom is -0.481 e. The lowest BCUT2D eigenvalue weighted by Gasteiger charge is -2.23. The van der Waals surface area contributed by atoms with Gasteiger partial charge in [0, 0.05) is 13.6 Å². The van der Waals surface area contributed by atoms with Crippen molar-refractivity contribution in [2.45, 2.75) is 25.7 Å². The summed E-state index contributed by atoms with van der Waals surface area (Å²) in [5.41, 5.74) is 0. The molecular formula is C12H22N2O3. The molecule has 1 saturated carbocycles. The Morgan fingerprint density at radius 3 is 2.59 bits per heavy atom. The first kappa shape index (κ1) is 14.0. The van der Waals surface area contributed by atoms with E-state index in [0.29, 0.717) is 19.4 Å². The molecule has 98 valence electrons. The summed E-state index contributed by atoms with van der Waals surface area (Å²) in [6, 6.07) is 0. The smallest absolute Gasteiger partial charge is 0.307 e. The van der Waals surface area contributed by atoms with E-state index in [1.807, 2.05) is 7.05 Å². The van der Waals surface area contributed by atoms with Crippen LogP contribution in [0.5, 0.6) is 0 Å². The van der Waals surface area contributed by atoms with E-state index in [1.54, 1.807) is 11.9 Å². The Kier molecular flexibility index (Phi) is 5.41. The summed E-state index contributed by atoms with van der Waals surface area (Å²) in [6.45, 7) is 1.55. The largest absolute Gasteiger partial charge is 0.481 e. The Labute approximate surface area is 102 Å². The Bertz CT molecular complexity index is 281. The maximum atomic E-state index is 12.1. The molecule has 1 amide bonds. The van der Waals surface area contributed by atoms with Gasteiger partial charge in [0.1, 0.15) is 0 Å². The average Bonchev–Trinajstić information content (AvgIpc) is 2.77. The van der Waals surface area contributed by atoms with Crippen LogP contribution in [0.2, 0.25) is 0 Å². The second kappa shape index (κ2) is 6.59. The first-order valence-electron chi connectivity index (χ1n) is 6.20. The Morgan fingerprint density at radius 2 is 2.00 bits per heavy atom. The zero-order valence-corrected chi connectivity index (χ0v) is 10.6. The molecule has 2 atom stereocenters. The molecule has 1 aliphatic rings. The maximum Gasteiger partial charge on any atom is 0.307 e. The Balaban J connectivity index is 2.47. The second-order valence-electron chi connectivity index (χ2n) is 4.70. The molecule has 0 unspecified atom stereocenters. The fourth-order valence-corrected chi connectivity index (χ4v) is 2.44. The van der Waals surface area contributed by atoms with Gasteiger partial charge >= 0.3 is 5.97 Å². The van der Waals surface area contributed by atoms with Crippen molar-refractivity contribution < 1.29 is 14.7 Å². The number of rotatable bonds is 6. The molecule has 0 aromatic rings. The van der Waals surface area contributed by atoms with Crippen LogP contribution in [0.15, 0.2) is 0 Å². The van der Waals surface area contributed by atoms with E-state index < -0.39 is 11.9 Å². The standard InChI is InChI=1S/C12H22N2O3/c1-13-7-4-8-14(2)11(15)9-5-3-6-10(9)12(16)17/h9-10,13H,3-8H2,1-2H3,(H,16,17)/t9-,10+/m1/s1. The molecule has 0 spiro atoms. The van der Waals surface area contributed by atoms with E-state index >= 15 is 0 Å². The number of carboxylic acid groups (broad SMARTS) is 1. The third kappa shape index (κ3) is 3.70. The van der Waals surface area contributed by atoms with Crippen molar-refractivity contribution in [3.63, 3.8) is 0 Å². The van der Waals surface area contributed by atoms with Gasteiger partial charge in [-0.3, -0.25) is 9.59 Å². The molecule has 1 rings (SSSR count). The molecule has 0 radical (unpaired) electrons. The van der Waals surface area contributed by atoms with Gasteiger partial charge in [-0.1, -0.05) is 6.42 Å². The van der Waals surface area contributed by atoms with Crippen molar-refractivity contribution in [2.24, 2.45) is 11.8 Å². The van der Waals surface area contributed by atoms with E-state index in [1.165, 1.54) is 0 Å². The molecule has 0 bridgehead atoms. The van der Waals surface area contributed by atoms with E-state index in [-0.39, 0.29) is 11.8 Å². The summed E-state index contributed by atoms with van der Waals surface area (Å²) in [5, 5.41) is 12.1. The highest BCUT2D eigenvalue weighted by molar-refractivity contribution is 5.85. The van der Waals surface area contributed by atoms with Crippen LogP contribution in [0.25, 0.3) is 0 Å². The van der Waals surface area contributed by atoms with Gasteiger partial charge in [-0.25, -0.2) is 0 Å². The predicted octanol–water partition coefficient (Wildman–Crippen LogP) is 0.555. The first-order valence-corrected chi connectivity index (χ1v) is 6.20. The normalized spacial score (nSPS) is 23.6. The van der Waals surface area contributed by atoms with E-state index in [4.69, 9.17) is 5.11 Å². The van der Waals surface area contributed by atoms with Crippen LogP contribution in [0, 0.1) is 11.8 Å². The topological polar surface area (TPSA) is 69.6 Å². The molecule has 0 saturated heterocycles. The number of hydrogen-bond donors (Lipinski definition) is 2. The molecule has 17 heavy (non-hydrogen) atoms. The summed E-state index contributed by atoms with van der Waals surface area (Å²) in [4.78, 5) is 24.8. The summed E-state index contributed by atoms with van der Waals surface area (Å²) < 4.78 is 0. The molecule has 2 N–H and O–H groups in total. The number of nitrogens with zero attached hydrogens (tertiary/aromatic N) is 1. The summed E-state index contributed by atoms with van der Waals surface area (Å²) in [5.74, 6) is -1.63. The molecule has 0 aromatic carbocycles. The SMILES string of the molecule is CNCCCN(C)C(=O)[C@@H]1CCC[C@@H]1C(=O)O. The number of nitrogens with one attached hydrogen (secondary N) is 1. The van der Waals surface area contributed by atoms with Crippen LogP contribution in [0.3, 0.4) is 0 Å². The highest BCUT2D eigenvalue weighted by atomic mass is 16.4. The van der Waals surface area contributed by atoms with Crippen molar-refractivity contribution >= 4 is 11.9 Å². The van der Waals surface area contributed by atoms with Crippen LogP contribution in [0.4, 0.5) is 0 Å². The highest BCUT2D eigenvalue weighted by Gasteiger charge is 2.38. The molecule has 0 aromatic heterocycles. The lowest BCUT2D eigenvalue weighted by Crippen LogP contribution is -2.37. The molecular weight excluding hydrogens is 220 g/mol. The van der Waals surface area contributed by atoms with Gasteiger partial charge in [-0.05, 0) is 32.9 Å². The van der Waals surface area contributed by atoms with E-state index in [2.05, 4.69) is 5.32 Å². The van der Waals surface area contributed by atoms with Crippen molar-refractivity contribution in [2.75, 3.05) is 27.2 Å². The molecule has 1 fully saturated rings. The molecule has 0 heterocycles. The van der Waals surface area contributed by atoms with Gasteiger partial charge in [0.15, 0.2) is 0 Å². The lowest BCUT2D eigenvalue weighted by atomic mass is 9.95. The maximum absolute atomic E-state index is 12.1. The zero-order valence-electron chi connectivity index (χ0n) is 10.6. The van der Waals surface area contributed by atoms with Crippen molar-refractivity contribution in [1.29, 1.82) is 0 Å². The van der Waals surface area contributed by atoms with E-state index in [9.17, 15) is 9.59 Å². The minimum atomic E-state index is -0.829. The van der Waals surface area contributed by atoms with Gasteiger partial charge in [-0.15, -0.1) is 0 Å². The number of carbonyl (C=O) groups excluding carboxylic acids is 1. The second-order valence-corrected chi connectivity index (χ2v) is 4.70. The summed E-state index contributed by atoms with van der Waals surface area (Å²) >= 11 is 0. The predicted molar refractivity (Wildman–Crippen MR) is 64.6 cm³/mol. The van der Waals surface area contributed by atoms with Crippen LogP contribution >= 0.6 is 0 Å². The fraction of sp³-hybridized carbons (Fsp3) is 0.833. The van der Waals surface area contributed by atoms with Crippen LogP contribution in [-0.2, 0) is 9.59 Å². The summed E-state index contributed by atoms with van der Waals surface area (Å²) in [7, 11) is 3.63. The third-order valence-electron chi connectivity index (χ3n) is 3.45. The van der Waals surface area contributed by atoms with Crippen LogP contribution in [-0.4, -0.2) is 49.1 Å². The number of carboxylic acids is 1.